The molecule has 0 aromatic carbocycles. The third-order valence-electron chi connectivity index (χ3n) is 2.83. The lowest BCUT2D eigenvalue weighted by atomic mass is 10.5. The summed E-state index contributed by atoms with van der Waals surface area (Å²) >= 11 is 0. The molecule has 0 saturated carbocycles. The summed E-state index contributed by atoms with van der Waals surface area (Å²) in [5.41, 5.74) is -0.630. The van der Waals surface area contributed by atoms with Crippen molar-refractivity contribution in [3.05, 3.63) is 27.2 Å². The van der Waals surface area contributed by atoms with E-state index in [0.29, 0.717) is 0 Å². The van der Waals surface area contributed by atoms with Gasteiger partial charge in [-0.3, -0.25) is 13.9 Å². The minimum atomic E-state index is -3.64. The zero-order chi connectivity index (χ0) is 14.4. The van der Waals surface area contributed by atoms with Crippen LogP contribution in [0.1, 0.15) is 0 Å². The topological polar surface area (TPSA) is 122 Å². The Hall–Kier alpha value is -1.94. The van der Waals surface area contributed by atoms with Crippen molar-refractivity contribution in [2.24, 2.45) is 19.2 Å². The van der Waals surface area contributed by atoms with Crippen LogP contribution in [0.15, 0.2) is 15.9 Å². The Morgan fingerprint density at radius 1 is 1.26 bits per heavy atom. The van der Waals surface area contributed by atoms with Crippen molar-refractivity contribution in [2.75, 3.05) is 5.75 Å². The van der Waals surface area contributed by atoms with E-state index in [1.165, 1.54) is 29.6 Å². The number of hydrogen-bond donors (Lipinski definition) is 1. The van der Waals surface area contributed by atoms with Crippen molar-refractivity contribution >= 4 is 21.2 Å². The predicted octanol–water partition coefficient (Wildman–Crippen LogP) is -2.28. The summed E-state index contributed by atoms with van der Waals surface area (Å²) in [6.45, 7) is 0.00276. The van der Waals surface area contributed by atoms with Gasteiger partial charge >= 0.3 is 5.69 Å². The quantitative estimate of drug-likeness (QED) is 0.681. The maximum Gasteiger partial charge on any atom is 0.332 e. The van der Waals surface area contributed by atoms with Gasteiger partial charge in [0.15, 0.2) is 11.2 Å². The number of imidazole rings is 1. The molecule has 104 valence electrons. The van der Waals surface area contributed by atoms with E-state index in [2.05, 4.69) is 4.98 Å². The normalized spacial score (nSPS) is 12.2. The second-order valence-corrected chi connectivity index (χ2v) is 5.92. The van der Waals surface area contributed by atoms with Gasteiger partial charge in [-0.05, 0) is 0 Å². The van der Waals surface area contributed by atoms with E-state index in [1.54, 1.807) is 0 Å². The zero-order valence-corrected chi connectivity index (χ0v) is 11.2. The lowest BCUT2D eigenvalue weighted by Crippen LogP contribution is -2.37. The van der Waals surface area contributed by atoms with Crippen molar-refractivity contribution < 1.29 is 8.42 Å². The summed E-state index contributed by atoms with van der Waals surface area (Å²) in [6.07, 6.45) is 1.32. The Kier molecular flexibility index (Phi) is 3.06. The molecular weight excluding hydrogens is 274 g/mol. The molecule has 9 nitrogen and oxygen atoms in total. The van der Waals surface area contributed by atoms with Crippen molar-refractivity contribution in [2.45, 2.75) is 6.54 Å². The first-order valence-electron chi connectivity index (χ1n) is 5.33. The Bertz CT molecular complexity index is 857. The molecule has 0 radical (unpaired) electrons. The number of nitrogens with two attached hydrogens (primary N) is 1. The summed E-state index contributed by atoms with van der Waals surface area (Å²) in [4.78, 5) is 27.7. The van der Waals surface area contributed by atoms with Crippen molar-refractivity contribution in [1.82, 2.24) is 18.7 Å². The molecule has 0 unspecified atom stereocenters. The molecular formula is C9H13N5O4S. The molecule has 2 aromatic heterocycles. The van der Waals surface area contributed by atoms with Crippen LogP contribution in [-0.2, 0) is 30.7 Å². The number of rotatable bonds is 3. The number of nitrogens with zero attached hydrogens (tertiary/aromatic N) is 4. The lowest BCUT2D eigenvalue weighted by Gasteiger charge is -2.05. The number of aryl methyl sites for hydroxylation is 2. The summed E-state index contributed by atoms with van der Waals surface area (Å²) in [7, 11) is -0.801. The van der Waals surface area contributed by atoms with E-state index < -0.39 is 21.3 Å². The fourth-order valence-corrected chi connectivity index (χ4v) is 2.24. The molecule has 0 aliphatic heterocycles. The van der Waals surface area contributed by atoms with Gasteiger partial charge in [0.05, 0.1) is 12.1 Å². The fourth-order valence-electron chi connectivity index (χ4n) is 1.79. The molecule has 0 amide bonds. The first-order valence-corrected chi connectivity index (χ1v) is 7.05. The van der Waals surface area contributed by atoms with Gasteiger partial charge in [-0.15, -0.1) is 0 Å². The maximum absolute atomic E-state index is 12.0. The lowest BCUT2D eigenvalue weighted by molar-refractivity contribution is 0.591. The average Bonchev–Trinajstić information content (AvgIpc) is 2.74. The van der Waals surface area contributed by atoms with Crippen molar-refractivity contribution in [3.63, 3.8) is 0 Å². The molecule has 0 aliphatic carbocycles. The van der Waals surface area contributed by atoms with Crippen molar-refractivity contribution in [1.29, 1.82) is 0 Å². The molecule has 0 spiro atoms. The number of hydrogen-bond acceptors (Lipinski definition) is 5. The largest absolute Gasteiger partial charge is 0.332 e. The van der Waals surface area contributed by atoms with Crippen LogP contribution in [0.2, 0.25) is 0 Å². The minimum absolute atomic E-state index is 0.00276. The van der Waals surface area contributed by atoms with Crippen LogP contribution >= 0.6 is 0 Å². The summed E-state index contributed by atoms with van der Waals surface area (Å²) < 4.78 is 25.4. The molecule has 10 heteroatoms. The van der Waals surface area contributed by atoms with Crippen LogP contribution in [0.3, 0.4) is 0 Å². The van der Waals surface area contributed by atoms with E-state index in [1.807, 2.05) is 0 Å². The van der Waals surface area contributed by atoms with Crippen LogP contribution in [0, 0.1) is 0 Å². The van der Waals surface area contributed by atoms with E-state index >= 15 is 0 Å². The number of aromatic nitrogens is 4. The SMILES string of the molecule is Cn1c(=O)c2c(ncn2CCS(N)(=O)=O)n(C)c1=O. The third kappa shape index (κ3) is 2.31. The van der Waals surface area contributed by atoms with Gasteiger partial charge in [-0.2, -0.15) is 0 Å². The Morgan fingerprint density at radius 2 is 1.89 bits per heavy atom. The van der Waals surface area contributed by atoms with Crippen LogP contribution in [0.4, 0.5) is 0 Å². The molecule has 2 aromatic rings. The van der Waals surface area contributed by atoms with Crippen LogP contribution in [0.25, 0.3) is 11.2 Å². The second-order valence-electron chi connectivity index (χ2n) is 4.18. The Labute approximate surface area is 107 Å². The molecule has 0 aliphatic rings. The van der Waals surface area contributed by atoms with Crippen LogP contribution < -0.4 is 16.4 Å². The van der Waals surface area contributed by atoms with Gasteiger partial charge in [0.1, 0.15) is 0 Å². The van der Waals surface area contributed by atoms with Gasteiger partial charge in [0, 0.05) is 20.6 Å². The molecule has 2 heterocycles. The Balaban J connectivity index is 2.67. The highest BCUT2D eigenvalue weighted by molar-refractivity contribution is 7.89. The Morgan fingerprint density at radius 3 is 2.47 bits per heavy atom. The smallest absolute Gasteiger partial charge is 0.324 e. The van der Waals surface area contributed by atoms with E-state index in [9.17, 15) is 18.0 Å². The third-order valence-corrected chi connectivity index (χ3v) is 3.59. The summed E-state index contributed by atoms with van der Waals surface area (Å²) in [6, 6.07) is 0. The summed E-state index contributed by atoms with van der Waals surface area (Å²) in [5.74, 6) is -0.315. The average molecular weight is 287 g/mol. The molecule has 2 rings (SSSR count). The molecule has 0 fully saturated rings. The molecule has 0 bridgehead atoms. The minimum Gasteiger partial charge on any atom is -0.324 e. The molecule has 2 N–H and O–H groups in total. The van der Waals surface area contributed by atoms with E-state index in [4.69, 9.17) is 5.14 Å². The second kappa shape index (κ2) is 4.31. The number of sulfonamides is 1. The predicted molar refractivity (Wildman–Crippen MR) is 68.2 cm³/mol. The highest BCUT2D eigenvalue weighted by Gasteiger charge is 2.15. The number of fused-ring (bicyclic) bond motifs is 1. The first kappa shape index (κ1) is 13.5. The van der Waals surface area contributed by atoms with Gasteiger partial charge in [0.25, 0.3) is 5.56 Å². The molecule has 0 saturated heterocycles. The molecule has 0 atom stereocenters. The van der Waals surface area contributed by atoms with Gasteiger partial charge in [0.2, 0.25) is 10.0 Å². The maximum atomic E-state index is 12.0. The van der Waals surface area contributed by atoms with Crippen LogP contribution in [-0.4, -0.2) is 32.9 Å². The highest BCUT2D eigenvalue weighted by Crippen LogP contribution is 2.05. The summed E-state index contributed by atoms with van der Waals surface area (Å²) in [5, 5.41) is 4.92. The van der Waals surface area contributed by atoms with Gasteiger partial charge in [-0.1, -0.05) is 0 Å². The highest BCUT2D eigenvalue weighted by atomic mass is 32.2. The fraction of sp³-hybridized carbons (Fsp3) is 0.444. The number of primary sulfonamides is 1. The molecule has 19 heavy (non-hydrogen) atoms. The first-order chi connectivity index (χ1) is 8.72. The van der Waals surface area contributed by atoms with Gasteiger partial charge in [-0.25, -0.2) is 23.3 Å². The van der Waals surface area contributed by atoms with Crippen molar-refractivity contribution in [3.8, 4) is 0 Å². The van der Waals surface area contributed by atoms with Gasteiger partial charge < -0.3 is 4.57 Å². The van der Waals surface area contributed by atoms with Crippen LogP contribution in [0.5, 0.6) is 0 Å². The zero-order valence-electron chi connectivity index (χ0n) is 10.4. The van der Waals surface area contributed by atoms with E-state index in [0.717, 1.165) is 4.57 Å². The standard InChI is InChI=1S/C9H13N5O4S/c1-12-7-6(8(15)13(2)9(12)16)14(5-11-7)3-4-19(10,17)18/h5H,3-4H2,1-2H3,(H2,10,17,18). The van der Waals surface area contributed by atoms with E-state index in [-0.39, 0.29) is 23.5 Å². The monoisotopic (exact) mass is 287 g/mol.